The summed E-state index contributed by atoms with van der Waals surface area (Å²) in [5.41, 5.74) is 1.30. The molecule has 1 aliphatic heterocycles. The Morgan fingerprint density at radius 2 is 1.93 bits per heavy atom. The molecular formula is C23H30FN3O3. The van der Waals surface area contributed by atoms with Gasteiger partial charge in [-0.15, -0.1) is 0 Å². The Balaban J connectivity index is 1.57. The Kier molecular flexibility index (Phi) is 6.37. The molecule has 7 heteroatoms. The highest BCUT2D eigenvalue weighted by molar-refractivity contribution is 5.69. The van der Waals surface area contributed by atoms with Crippen molar-refractivity contribution in [3.05, 3.63) is 30.2 Å². The smallest absolute Gasteiger partial charge is 0.226 e. The highest BCUT2D eigenvalue weighted by atomic mass is 19.1. The Labute approximate surface area is 177 Å². The second-order valence-electron chi connectivity index (χ2n) is 8.60. The molecule has 0 bridgehead atoms. The van der Waals surface area contributed by atoms with E-state index in [9.17, 15) is 4.39 Å². The molecule has 1 N–H and O–H groups in total. The molecule has 1 saturated carbocycles. The number of hydrogen-bond acceptors (Lipinski definition) is 6. The van der Waals surface area contributed by atoms with Gasteiger partial charge < -0.3 is 19.5 Å². The fourth-order valence-electron chi connectivity index (χ4n) is 3.77. The van der Waals surface area contributed by atoms with E-state index in [1.165, 1.54) is 18.9 Å². The van der Waals surface area contributed by atoms with Gasteiger partial charge in [-0.2, -0.15) is 4.98 Å². The topological polar surface area (TPSA) is 65.5 Å². The monoisotopic (exact) mass is 415 g/mol. The van der Waals surface area contributed by atoms with Gasteiger partial charge >= 0.3 is 0 Å². The fourth-order valence-corrected chi connectivity index (χ4v) is 3.77. The van der Waals surface area contributed by atoms with E-state index in [0.717, 1.165) is 18.8 Å². The molecule has 2 aliphatic rings. The number of benzene rings is 1. The molecule has 0 atom stereocenters. The van der Waals surface area contributed by atoms with E-state index < -0.39 is 5.82 Å². The summed E-state index contributed by atoms with van der Waals surface area (Å²) in [5.74, 6) is 1.59. The molecule has 0 amide bonds. The lowest BCUT2D eigenvalue weighted by Crippen LogP contribution is -2.39. The van der Waals surface area contributed by atoms with E-state index >= 15 is 0 Å². The van der Waals surface area contributed by atoms with Crippen molar-refractivity contribution in [3.8, 4) is 22.8 Å². The molecule has 0 radical (unpaired) electrons. The van der Waals surface area contributed by atoms with E-state index in [1.54, 1.807) is 18.3 Å². The van der Waals surface area contributed by atoms with Crippen LogP contribution >= 0.6 is 0 Å². The third-order valence-corrected chi connectivity index (χ3v) is 5.59. The molecule has 0 unspecified atom stereocenters. The van der Waals surface area contributed by atoms with Gasteiger partial charge in [-0.3, -0.25) is 0 Å². The lowest BCUT2D eigenvalue weighted by Gasteiger charge is -2.28. The molecule has 2 fully saturated rings. The molecular weight excluding hydrogens is 385 g/mol. The Bertz CT molecular complexity index is 865. The number of nitrogens with zero attached hydrogens (tertiary/aromatic N) is 2. The summed E-state index contributed by atoms with van der Waals surface area (Å²) in [4.78, 5) is 9.12. The SMILES string of the molecule is CC(C)Oc1ccc(-c2cnc(N[C@H]3CC[C@H](C)CC3)nc2OC2COC2)cc1F. The van der Waals surface area contributed by atoms with Gasteiger partial charge in [-0.05, 0) is 63.1 Å². The first kappa shape index (κ1) is 20.8. The summed E-state index contributed by atoms with van der Waals surface area (Å²) in [6.45, 7) is 7.09. The Hall–Kier alpha value is -2.41. The molecule has 2 heterocycles. The van der Waals surface area contributed by atoms with Gasteiger partial charge in [-0.25, -0.2) is 9.37 Å². The van der Waals surface area contributed by atoms with Crippen molar-refractivity contribution in [2.24, 2.45) is 5.92 Å². The average Bonchev–Trinajstić information content (AvgIpc) is 2.68. The number of hydrogen-bond donors (Lipinski definition) is 1. The molecule has 2 aromatic rings. The number of aromatic nitrogens is 2. The number of ether oxygens (including phenoxy) is 3. The molecule has 4 rings (SSSR count). The van der Waals surface area contributed by atoms with Gasteiger partial charge in [0.05, 0.1) is 24.9 Å². The normalized spacial score (nSPS) is 21.9. The van der Waals surface area contributed by atoms with Crippen molar-refractivity contribution in [1.29, 1.82) is 0 Å². The van der Waals surface area contributed by atoms with Gasteiger partial charge in [0.15, 0.2) is 11.6 Å². The van der Waals surface area contributed by atoms with Crippen molar-refractivity contribution in [2.45, 2.75) is 64.7 Å². The van der Waals surface area contributed by atoms with Crippen LogP contribution in [0.3, 0.4) is 0 Å². The van der Waals surface area contributed by atoms with Crippen LogP contribution < -0.4 is 14.8 Å². The zero-order valence-electron chi connectivity index (χ0n) is 17.9. The van der Waals surface area contributed by atoms with Crippen molar-refractivity contribution >= 4 is 5.95 Å². The first-order valence-corrected chi connectivity index (χ1v) is 10.8. The third kappa shape index (κ3) is 5.01. The summed E-state index contributed by atoms with van der Waals surface area (Å²) in [7, 11) is 0. The van der Waals surface area contributed by atoms with E-state index in [2.05, 4.69) is 22.2 Å². The van der Waals surface area contributed by atoms with Crippen molar-refractivity contribution < 1.29 is 18.6 Å². The maximum absolute atomic E-state index is 14.5. The molecule has 162 valence electrons. The molecule has 1 aromatic heterocycles. The maximum Gasteiger partial charge on any atom is 0.226 e. The van der Waals surface area contributed by atoms with Crippen LogP contribution in [-0.2, 0) is 4.74 Å². The summed E-state index contributed by atoms with van der Waals surface area (Å²) in [5, 5.41) is 3.44. The van der Waals surface area contributed by atoms with E-state index in [-0.39, 0.29) is 18.0 Å². The molecule has 1 aliphatic carbocycles. The predicted molar refractivity (Wildman–Crippen MR) is 113 cm³/mol. The van der Waals surface area contributed by atoms with E-state index in [1.807, 2.05) is 13.8 Å². The van der Waals surface area contributed by atoms with Crippen LogP contribution in [-0.4, -0.2) is 41.4 Å². The molecule has 1 saturated heterocycles. The third-order valence-electron chi connectivity index (χ3n) is 5.59. The Morgan fingerprint density at radius 3 is 2.57 bits per heavy atom. The van der Waals surface area contributed by atoms with Crippen LogP contribution in [0, 0.1) is 11.7 Å². The largest absolute Gasteiger partial charge is 0.488 e. The predicted octanol–water partition coefficient (Wildman–Crippen LogP) is 4.84. The Morgan fingerprint density at radius 1 is 1.17 bits per heavy atom. The summed E-state index contributed by atoms with van der Waals surface area (Å²) in [6.07, 6.45) is 6.20. The molecule has 30 heavy (non-hydrogen) atoms. The van der Waals surface area contributed by atoms with E-state index in [0.29, 0.717) is 42.2 Å². The highest BCUT2D eigenvalue weighted by Crippen LogP contribution is 2.33. The van der Waals surface area contributed by atoms with Gasteiger partial charge in [0, 0.05) is 12.2 Å². The molecule has 1 aromatic carbocycles. The maximum atomic E-state index is 14.5. The van der Waals surface area contributed by atoms with E-state index in [4.69, 9.17) is 14.2 Å². The second-order valence-corrected chi connectivity index (χ2v) is 8.60. The van der Waals surface area contributed by atoms with Crippen molar-refractivity contribution in [2.75, 3.05) is 18.5 Å². The van der Waals surface area contributed by atoms with Crippen LogP contribution in [0.25, 0.3) is 11.1 Å². The van der Waals surface area contributed by atoms with Crippen LogP contribution in [0.2, 0.25) is 0 Å². The second kappa shape index (κ2) is 9.16. The number of nitrogens with one attached hydrogen (secondary N) is 1. The lowest BCUT2D eigenvalue weighted by molar-refractivity contribution is -0.0810. The minimum Gasteiger partial charge on any atom is -0.488 e. The zero-order valence-corrected chi connectivity index (χ0v) is 17.9. The van der Waals surface area contributed by atoms with Crippen LogP contribution in [0.15, 0.2) is 24.4 Å². The zero-order chi connectivity index (χ0) is 21.1. The van der Waals surface area contributed by atoms with Crippen molar-refractivity contribution in [1.82, 2.24) is 9.97 Å². The highest BCUT2D eigenvalue weighted by Gasteiger charge is 2.24. The molecule has 0 spiro atoms. The van der Waals surface area contributed by atoms with Gasteiger partial charge in [-0.1, -0.05) is 13.0 Å². The first-order valence-electron chi connectivity index (χ1n) is 10.8. The van der Waals surface area contributed by atoms with Gasteiger partial charge in [0.25, 0.3) is 0 Å². The fraction of sp³-hybridized carbons (Fsp3) is 0.565. The quantitative estimate of drug-likeness (QED) is 0.698. The average molecular weight is 416 g/mol. The summed E-state index contributed by atoms with van der Waals surface area (Å²) in [6, 6.07) is 5.25. The standard InChI is InChI=1S/C23H30FN3O3/c1-14(2)29-21-9-6-16(10-20(21)24)19-11-25-23(26-17-7-4-15(3)5-8-17)27-22(19)30-18-12-28-13-18/h6,9-11,14-15,17-18H,4-5,7-8,12-13H2,1-3H3,(H,25,26,27)/t15-,17-. The number of halogens is 1. The first-order chi connectivity index (χ1) is 14.5. The molecule has 6 nitrogen and oxygen atoms in total. The number of anilines is 1. The van der Waals surface area contributed by atoms with Crippen LogP contribution in [0.1, 0.15) is 46.5 Å². The summed E-state index contributed by atoms with van der Waals surface area (Å²) >= 11 is 0. The van der Waals surface area contributed by atoms with Crippen molar-refractivity contribution in [3.63, 3.8) is 0 Å². The van der Waals surface area contributed by atoms with Gasteiger partial charge in [0.1, 0.15) is 6.10 Å². The lowest BCUT2D eigenvalue weighted by atomic mass is 9.87. The summed E-state index contributed by atoms with van der Waals surface area (Å²) < 4.78 is 31.3. The number of rotatable bonds is 7. The van der Waals surface area contributed by atoms with Crippen LogP contribution in [0.5, 0.6) is 11.6 Å². The van der Waals surface area contributed by atoms with Gasteiger partial charge in [0.2, 0.25) is 11.8 Å². The van der Waals surface area contributed by atoms with Crippen LogP contribution in [0.4, 0.5) is 10.3 Å². The minimum atomic E-state index is -0.419. The minimum absolute atomic E-state index is 0.0459.